The number of hydrogen-bond donors (Lipinski definition) is 1. The van der Waals surface area contributed by atoms with Crippen molar-refractivity contribution in [2.75, 3.05) is 13.1 Å². The highest BCUT2D eigenvalue weighted by molar-refractivity contribution is 5.24. The average Bonchev–Trinajstić information content (AvgIpc) is 2.34. The molecule has 0 atom stereocenters. The minimum atomic E-state index is -0.111. The molecule has 100 valence electrons. The SMILES string of the molecule is NCc1ccc(CN2CCCCCCC2)c(F)c1. The van der Waals surface area contributed by atoms with Crippen molar-refractivity contribution in [2.24, 2.45) is 5.73 Å². The molecule has 0 radical (unpaired) electrons. The van der Waals surface area contributed by atoms with E-state index in [1.807, 2.05) is 12.1 Å². The predicted molar refractivity (Wildman–Crippen MR) is 72.7 cm³/mol. The normalized spacial score (nSPS) is 18.3. The molecule has 1 aliphatic heterocycles. The lowest BCUT2D eigenvalue weighted by molar-refractivity contribution is 0.237. The van der Waals surface area contributed by atoms with Gasteiger partial charge in [0.2, 0.25) is 0 Å². The fourth-order valence-electron chi connectivity index (χ4n) is 2.56. The zero-order chi connectivity index (χ0) is 12.8. The van der Waals surface area contributed by atoms with Crippen LogP contribution in [-0.4, -0.2) is 18.0 Å². The highest BCUT2D eigenvalue weighted by atomic mass is 19.1. The molecule has 0 spiro atoms. The third-order valence-corrected chi connectivity index (χ3v) is 3.70. The van der Waals surface area contributed by atoms with Gasteiger partial charge in [0.15, 0.2) is 0 Å². The van der Waals surface area contributed by atoms with Gasteiger partial charge in [-0.25, -0.2) is 4.39 Å². The van der Waals surface area contributed by atoms with Gasteiger partial charge in [-0.05, 0) is 37.6 Å². The van der Waals surface area contributed by atoms with Crippen LogP contribution in [0.25, 0.3) is 0 Å². The monoisotopic (exact) mass is 250 g/mol. The Bertz CT molecular complexity index is 371. The van der Waals surface area contributed by atoms with E-state index in [1.165, 1.54) is 32.1 Å². The lowest BCUT2D eigenvalue weighted by atomic mass is 10.1. The summed E-state index contributed by atoms with van der Waals surface area (Å²) < 4.78 is 13.9. The van der Waals surface area contributed by atoms with E-state index < -0.39 is 0 Å². The van der Waals surface area contributed by atoms with Gasteiger partial charge in [0.1, 0.15) is 5.82 Å². The first-order valence-electron chi connectivity index (χ1n) is 6.99. The summed E-state index contributed by atoms with van der Waals surface area (Å²) in [4.78, 5) is 2.37. The van der Waals surface area contributed by atoms with E-state index in [2.05, 4.69) is 4.90 Å². The van der Waals surface area contributed by atoms with Crippen molar-refractivity contribution in [3.05, 3.63) is 35.1 Å². The van der Waals surface area contributed by atoms with Crippen molar-refractivity contribution in [2.45, 2.75) is 45.2 Å². The molecule has 18 heavy (non-hydrogen) atoms. The summed E-state index contributed by atoms with van der Waals surface area (Å²) in [6.07, 6.45) is 6.45. The summed E-state index contributed by atoms with van der Waals surface area (Å²) in [5, 5.41) is 0. The second-order valence-electron chi connectivity index (χ2n) is 5.17. The van der Waals surface area contributed by atoms with Crippen LogP contribution in [0, 0.1) is 5.82 Å². The third-order valence-electron chi connectivity index (χ3n) is 3.70. The maximum Gasteiger partial charge on any atom is 0.128 e. The Morgan fingerprint density at radius 2 is 1.72 bits per heavy atom. The van der Waals surface area contributed by atoms with Crippen LogP contribution in [0.4, 0.5) is 4.39 Å². The Balaban J connectivity index is 1.98. The van der Waals surface area contributed by atoms with Crippen LogP contribution < -0.4 is 5.73 Å². The van der Waals surface area contributed by atoms with E-state index in [0.717, 1.165) is 30.8 Å². The molecule has 0 bridgehead atoms. The molecule has 0 unspecified atom stereocenters. The van der Waals surface area contributed by atoms with Crippen molar-refractivity contribution in [1.29, 1.82) is 0 Å². The zero-order valence-electron chi connectivity index (χ0n) is 11.0. The Hall–Kier alpha value is -0.930. The quantitative estimate of drug-likeness (QED) is 0.893. The molecule has 0 aromatic heterocycles. The van der Waals surface area contributed by atoms with Gasteiger partial charge < -0.3 is 5.73 Å². The first-order valence-corrected chi connectivity index (χ1v) is 6.99. The van der Waals surface area contributed by atoms with Crippen LogP contribution in [-0.2, 0) is 13.1 Å². The van der Waals surface area contributed by atoms with Crippen LogP contribution in [0.2, 0.25) is 0 Å². The first-order chi connectivity index (χ1) is 8.79. The lowest BCUT2D eigenvalue weighted by Gasteiger charge is -2.24. The fourth-order valence-corrected chi connectivity index (χ4v) is 2.56. The minimum absolute atomic E-state index is 0.111. The molecule has 2 N–H and O–H groups in total. The predicted octanol–water partition coefficient (Wildman–Crippen LogP) is 3.05. The Kier molecular flexibility index (Phi) is 5.14. The van der Waals surface area contributed by atoms with Crippen molar-refractivity contribution in [1.82, 2.24) is 4.90 Å². The fraction of sp³-hybridized carbons (Fsp3) is 0.600. The van der Waals surface area contributed by atoms with Crippen LogP contribution in [0.3, 0.4) is 0 Å². The van der Waals surface area contributed by atoms with Crippen molar-refractivity contribution in [3.8, 4) is 0 Å². The Labute approximate surface area is 109 Å². The van der Waals surface area contributed by atoms with Crippen molar-refractivity contribution >= 4 is 0 Å². The lowest BCUT2D eigenvalue weighted by Crippen LogP contribution is -2.27. The molecule has 1 heterocycles. The molecular formula is C15H23FN2. The second kappa shape index (κ2) is 6.86. The van der Waals surface area contributed by atoms with Gasteiger partial charge >= 0.3 is 0 Å². The number of likely N-dealkylation sites (tertiary alicyclic amines) is 1. The topological polar surface area (TPSA) is 29.3 Å². The number of rotatable bonds is 3. The first kappa shape index (κ1) is 13.5. The largest absolute Gasteiger partial charge is 0.326 e. The molecule has 1 aromatic rings. The van der Waals surface area contributed by atoms with Crippen LogP contribution in [0.15, 0.2) is 18.2 Å². The van der Waals surface area contributed by atoms with E-state index in [1.54, 1.807) is 6.07 Å². The molecule has 1 aliphatic rings. The molecule has 0 amide bonds. The zero-order valence-corrected chi connectivity index (χ0v) is 11.0. The number of benzene rings is 1. The van der Waals surface area contributed by atoms with Gasteiger partial charge in [0.25, 0.3) is 0 Å². The summed E-state index contributed by atoms with van der Waals surface area (Å²) in [7, 11) is 0. The number of nitrogens with zero attached hydrogens (tertiary/aromatic N) is 1. The molecular weight excluding hydrogens is 227 g/mol. The highest BCUT2D eigenvalue weighted by Crippen LogP contribution is 2.16. The molecule has 1 fully saturated rings. The van der Waals surface area contributed by atoms with Gasteiger partial charge in [0.05, 0.1) is 0 Å². The third kappa shape index (κ3) is 3.79. The standard InChI is InChI=1S/C15H23FN2/c16-15-10-13(11-17)6-7-14(15)12-18-8-4-2-1-3-5-9-18/h6-7,10H,1-5,8-9,11-12,17H2. The molecule has 2 nitrogen and oxygen atoms in total. The van der Waals surface area contributed by atoms with Crippen LogP contribution in [0.5, 0.6) is 0 Å². The molecule has 0 saturated carbocycles. The average molecular weight is 250 g/mol. The highest BCUT2D eigenvalue weighted by Gasteiger charge is 2.11. The Morgan fingerprint density at radius 1 is 1.06 bits per heavy atom. The van der Waals surface area contributed by atoms with Gasteiger partial charge in [0, 0.05) is 18.7 Å². The van der Waals surface area contributed by atoms with Crippen LogP contribution in [0.1, 0.15) is 43.2 Å². The summed E-state index contributed by atoms with van der Waals surface area (Å²) in [6, 6.07) is 5.39. The minimum Gasteiger partial charge on any atom is -0.326 e. The van der Waals surface area contributed by atoms with Crippen LogP contribution >= 0.6 is 0 Å². The van der Waals surface area contributed by atoms with Gasteiger partial charge in [-0.2, -0.15) is 0 Å². The second-order valence-corrected chi connectivity index (χ2v) is 5.17. The number of hydrogen-bond acceptors (Lipinski definition) is 2. The van der Waals surface area contributed by atoms with E-state index in [-0.39, 0.29) is 5.82 Å². The molecule has 2 rings (SSSR count). The molecule has 0 aliphatic carbocycles. The van der Waals surface area contributed by atoms with Crippen molar-refractivity contribution in [3.63, 3.8) is 0 Å². The maximum absolute atomic E-state index is 13.9. The van der Waals surface area contributed by atoms with Gasteiger partial charge in [-0.1, -0.05) is 31.4 Å². The van der Waals surface area contributed by atoms with Gasteiger partial charge in [-0.15, -0.1) is 0 Å². The van der Waals surface area contributed by atoms with E-state index >= 15 is 0 Å². The van der Waals surface area contributed by atoms with E-state index in [4.69, 9.17) is 5.73 Å². The summed E-state index contributed by atoms with van der Waals surface area (Å²) >= 11 is 0. The molecule has 1 aromatic carbocycles. The maximum atomic E-state index is 13.9. The Morgan fingerprint density at radius 3 is 2.33 bits per heavy atom. The number of nitrogens with two attached hydrogens (primary N) is 1. The summed E-state index contributed by atoms with van der Waals surface area (Å²) in [5.74, 6) is -0.111. The number of halogens is 1. The molecule has 1 saturated heterocycles. The smallest absolute Gasteiger partial charge is 0.128 e. The van der Waals surface area contributed by atoms with Gasteiger partial charge in [-0.3, -0.25) is 4.90 Å². The molecule has 3 heteroatoms. The summed E-state index contributed by atoms with van der Waals surface area (Å²) in [6.45, 7) is 3.33. The van der Waals surface area contributed by atoms with Crippen molar-refractivity contribution < 1.29 is 4.39 Å². The van der Waals surface area contributed by atoms with E-state index in [0.29, 0.717) is 6.54 Å². The summed E-state index contributed by atoms with van der Waals surface area (Å²) in [5.41, 5.74) is 7.18. The van der Waals surface area contributed by atoms with E-state index in [9.17, 15) is 4.39 Å².